The number of nitrogens with one attached hydrogen (secondary N) is 1. The van der Waals surface area contributed by atoms with Crippen LogP contribution in [0.2, 0.25) is 0 Å². The number of fused-ring (bicyclic) bond motifs is 1. The Bertz CT molecular complexity index is 1390. The molecule has 0 spiro atoms. The zero-order valence-electron chi connectivity index (χ0n) is 21.8. The maximum Gasteiger partial charge on any atom is 0.256 e. The van der Waals surface area contributed by atoms with E-state index in [2.05, 4.69) is 46.6 Å². The number of carbonyl (C=O) groups is 1. The van der Waals surface area contributed by atoms with Crippen molar-refractivity contribution in [2.45, 2.75) is 29.2 Å². The molecule has 0 atom stereocenters. The van der Waals surface area contributed by atoms with Crippen molar-refractivity contribution in [3.63, 3.8) is 0 Å². The highest BCUT2D eigenvalue weighted by molar-refractivity contribution is 7.99. The molecule has 1 aliphatic rings. The van der Waals surface area contributed by atoms with Crippen LogP contribution in [-0.2, 0) is 19.4 Å². The molecule has 0 fully saturated rings. The topological polar surface area (TPSA) is 50.8 Å². The smallest absolute Gasteiger partial charge is 0.256 e. The number of nitrogens with zero attached hydrogens (tertiary/aromatic N) is 1. The van der Waals surface area contributed by atoms with Crippen LogP contribution in [-0.4, -0.2) is 38.1 Å². The summed E-state index contributed by atoms with van der Waals surface area (Å²) >= 11 is 1.60. The number of rotatable bonds is 9. The molecule has 5 nitrogen and oxygen atoms in total. The van der Waals surface area contributed by atoms with Crippen molar-refractivity contribution in [2.75, 3.05) is 32.6 Å². The van der Waals surface area contributed by atoms with Gasteiger partial charge in [-0.1, -0.05) is 54.2 Å². The number of hydrogen-bond acceptors (Lipinski definition) is 5. The lowest BCUT2D eigenvalue weighted by Gasteiger charge is -2.29. The molecule has 6 heteroatoms. The number of hydrogen-bond donors (Lipinski definition) is 1. The highest BCUT2D eigenvalue weighted by Gasteiger charge is 2.19. The standard InChI is InChI=1S/C32H32N2O3S/c1-36-29-20-24-17-19-34(22-25(24)21-30(29)37-2)18-16-23-12-14-26(15-13-23)33-32(35)28-10-6-7-11-31(28)38-27-8-4-3-5-9-27/h3-15,20-21H,16-19,22H2,1-2H3,(H,33,35). The van der Waals surface area contributed by atoms with Crippen LogP contribution in [0.3, 0.4) is 0 Å². The van der Waals surface area contributed by atoms with Gasteiger partial charge in [0.25, 0.3) is 5.91 Å². The summed E-state index contributed by atoms with van der Waals surface area (Å²) in [5.41, 5.74) is 5.36. The number of benzene rings is 4. The number of amides is 1. The van der Waals surface area contributed by atoms with E-state index in [1.54, 1.807) is 26.0 Å². The van der Waals surface area contributed by atoms with Crippen LogP contribution in [0.25, 0.3) is 0 Å². The SMILES string of the molecule is COc1cc2c(cc1OC)CN(CCc1ccc(NC(=O)c3ccccc3Sc3ccccc3)cc1)CC2. The third-order valence-electron chi connectivity index (χ3n) is 6.83. The fraction of sp³-hybridized carbons (Fsp3) is 0.219. The van der Waals surface area contributed by atoms with Crippen molar-refractivity contribution < 1.29 is 14.3 Å². The predicted octanol–water partition coefficient (Wildman–Crippen LogP) is 6.71. The average Bonchev–Trinajstić information content (AvgIpc) is 2.96. The third kappa shape index (κ3) is 6.21. The predicted molar refractivity (Wildman–Crippen MR) is 154 cm³/mol. The van der Waals surface area contributed by atoms with Crippen LogP contribution in [0.1, 0.15) is 27.0 Å². The van der Waals surface area contributed by atoms with Gasteiger partial charge >= 0.3 is 0 Å². The van der Waals surface area contributed by atoms with Crippen LogP contribution in [0, 0.1) is 0 Å². The molecule has 0 unspecified atom stereocenters. The van der Waals surface area contributed by atoms with Gasteiger partial charge in [0.2, 0.25) is 0 Å². The van der Waals surface area contributed by atoms with Gasteiger partial charge in [0, 0.05) is 35.1 Å². The molecule has 4 aromatic rings. The first kappa shape index (κ1) is 25.9. The Morgan fingerprint density at radius 3 is 2.29 bits per heavy atom. The summed E-state index contributed by atoms with van der Waals surface area (Å²) in [6.07, 6.45) is 1.96. The van der Waals surface area contributed by atoms with E-state index in [-0.39, 0.29) is 5.91 Å². The lowest BCUT2D eigenvalue weighted by Crippen LogP contribution is -2.32. The van der Waals surface area contributed by atoms with E-state index in [1.807, 2.05) is 54.6 Å². The number of anilines is 1. The Balaban J connectivity index is 1.17. The molecule has 0 saturated carbocycles. The van der Waals surface area contributed by atoms with Crippen molar-refractivity contribution in [1.29, 1.82) is 0 Å². The van der Waals surface area contributed by atoms with Gasteiger partial charge in [0.05, 0.1) is 19.8 Å². The molecule has 4 aromatic carbocycles. The molecule has 1 aliphatic heterocycles. The maximum absolute atomic E-state index is 13.1. The Kier molecular flexibility index (Phi) is 8.31. The number of ether oxygens (including phenoxy) is 2. The Labute approximate surface area is 228 Å². The lowest BCUT2D eigenvalue weighted by atomic mass is 9.98. The Morgan fingerprint density at radius 2 is 1.55 bits per heavy atom. The van der Waals surface area contributed by atoms with Crippen LogP contribution in [0.5, 0.6) is 11.5 Å². The van der Waals surface area contributed by atoms with Gasteiger partial charge in [-0.05, 0) is 78.1 Å². The summed E-state index contributed by atoms with van der Waals surface area (Å²) in [5.74, 6) is 1.48. The fourth-order valence-corrected chi connectivity index (χ4v) is 5.70. The lowest BCUT2D eigenvalue weighted by molar-refractivity contribution is 0.102. The van der Waals surface area contributed by atoms with Gasteiger partial charge in [-0.25, -0.2) is 0 Å². The van der Waals surface area contributed by atoms with Crippen molar-refractivity contribution >= 4 is 23.4 Å². The van der Waals surface area contributed by atoms with Crippen molar-refractivity contribution in [1.82, 2.24) is 4.90 Å². The van der Waals surface area contributed by atoms with Crippen LogP contribution < -0.4 is 14.8 Å². The molecule has 38 heavy (non-hydrogen) atoms. The molecule has 0 aliphatic carbocycles. The van der Waals surface area contributed by atoms with Gasteiger partial charge in [-0.2, -0.15) is 0 Å². The van der Waals surface area contributed by atoms with Gasteiger partial charge in [-0.3, -0.25) is 9.69 Å². The van der Waals surface area contributed by atoms with Gasteiger partial charge in [-0.15, -0.1) is 0 Å². The minimum Gasteiger partial charge on any atom is -0.493 e. The molecule has 1 heterocycles. The molecule has 0 aromatic heterocycles. The summed E-state index contributed by atoms with van der Waals surface area (Å²) in [5, 5.41) is 3.06. The molecule has 194 valence electrons. The number of carbonyl (C=O) groups excluding carboxylic acids is 1. The monoisotopic (exact) mass is 524 g/mol. The molecular weight excluding hydrogens is 492 g/mol. The van der Waals surface area contributed by atoms with E-state index in [1.165, 1.54) is 16.7 Å². The van der Waals surface area contributed by atoms with Crippen molar-refractivity contribution in [3.8, 4) is 11.5 Å². The first-order chi connectivity index (χ1) is 18.6. The Morgan fingerprint density at radius 1 is 0.868 bits per heavy atom. The van der Waals surface area contributed by atoms with E-state index >= 15 is 0 Å². The molecule has 1 amide bonds. The first-order valence-electron chi connectivity index (χ1n) is 12.8. The van der Waals surface area contributed by atoms with Gasteiger partial charge in [0.15, 0.2) is 11.5 Å². The van der Waals surface area contributed by atoms with E-state index < -0.39 is 0 Å². The van der Waals surface area contributed by atoms with Crippen molar-refractivity contribution in [3.05, 3.63) is 113 Å². The van der Waals surface area contributed by atoms with E-state index in [0.29, 0.717) is 5.56 Å². The zero-order valence-corrected chi connectivity index (χ0v) is 22.6. The zero-order chi connectivity index (χ0) is 26.3. The second-order valence-corrected chi connectivity index (χ2v) is 10.4. The number of methoxy groups -OCH3 is 2. The van der Waals surface area contributed by atoms with E-state index in [9.17, 15) is 4.79 Å². The molecule has 5 rings (SSSR count). The van der Waals surface area contributed by atoms with Gasteiger partial charge in [0.1, 0.15) is 0 Å². The van der Waals surface area contributed by atoms with Crippen LogP contribution in [0.4, 0.5) is 5.69 Å². The molecule has 1 N–H and O–H groups in total. The second kappa shape index (κ2) is 12.2. The normalized spacial score (nSPS) is 13.0. The maximum atomic E-state index is 13.1. The molecule has 0 saturated heterocycles. The first-order valence-corrected chi connectivity index (χ1v) is 13.6. The largest absolute Gasteiger partial charge is 0.493 e. The van der Waals surface area contributed by atoms with Crippen LogP contribution >= 0.6 is 11.8 Å². The summed E-state index contributed by atoms with van der Waals surface area (Å²) in [4.78, 5) is 17.6. The van der Waals surface area contributed by atoms with Crippen molar-refractivity contribution in [2.24, 2.45) is 0 Å². The third-order valence-corrected chi connectivity index (χ3v) is 7.91. The summed E-state index contributed by atoms with van der Waals surface area (Å²) in [7, 11) is 3.36. The molecule has 0 radical (unpaired) electrons. The molecule has 0 bridgehead atoms. The summed E-state index contributed by atoms with van der Waals surface area (Å²) in [6.45, 7) is 2.91. The Hall–Kier alpha value is -3.74. The van der Waals surface area contributed by atoms with E-state index in [4.69, 9.17) is 9.47 Å². The van der Waals surface area contributed by atoms with E-state index in [0.717, 1.165) is 59.5 Å². The average molecular weight is 525 g/mol. The highest BCUT2D eigenvalue weighted by Crippen LogP contribution is 2.33. The second-order valence-electron chi connectivity index (χ2n) is 9.31. The van der Waals surface area contributed by atoms with Crippen LogP contribution in [0.15, 0.2) is 101 Å². The van der Waals surface area contributed by atoms with Gasteiger partial charge < -0.3 is 14.8 Å². The summed E-state index contributed by atoms with van der Waals surface area (Å²) < 4.78 is 10.9. The minimum absolute atomic E-state index is 0.101. The molecular formula is C32H32N2O3S. The fourth-order valence-electron chi connectivity index (χ4n) is 4.73. The summed E-state index contributed by atoms with van der Waals surface area (Å²) in [6, 6.07) is 30.2. The quantitative estimate of drug-likeness (QED) is 0.264. The highest BCUT2D eigenvalue weighted by atomic mass is 32.2. The minimum atomic E-state index is -0.101.